The lowest BCUT2D eigenvalue weighted by molar-refractivity contribution is -0.233. The second-order valence-corrected chi connectivity index (χ2v) is 11.0. The topological polar surface area (TPSA) is 32.8 Å². The Morgan fingerprint density at radius 1 is 0.842 bits per heavy atom. The molecule has 0 unspecified atom stereocenters. The van der Waals surface area contributed by atoms with E-state index in [1.54, 1.807) is 13.8 Å². The number of nitrogens with zero attached hydrogens (tertiary/aromatic N) is 2. The molecule has 0 spiro atoms. The highest BCUT2D eigenvalue weighted by molar-refractivity contribution is 5.94. The maximum absolute atomic E-state index is 13.7. The number of halogens is 3. The van der Waals surface area contributed by atoms with Gasteiger partial charge in [0.05, 0.1) is 12.0 Å². The Kier molecular flexibility index (Phi) is 9.40. The van der Waals surface area contributed by atoms with Crippen molar-refractivity contribution in [1.82, 2.24) is 9.80 Å². The van der Waals surface area contributed by atoms with Crippen LogP contribution in [0.2, 0.25) is 0 Å². The summed E-state index contributed by atoms with van der Waals surface area (Å²) in [5.41, 5.74) is 1.23. The molecule has 0 aromatic heterocycles. The molecule has 4 nitrogen and oxygen atoms in total. The summed E-state index contributed by atoms with van der Waals surface area (Å²) in [6.45, 7) is 7.01. The minimum atomic E-state index is -4.17. The van der Waals surface area contributed by atoms with Crippen LogP contribution in [0.15, 0.2) is 48.5 Å². The fourth-order valence-electron chi connectivity index (χ4n) is 5.75. The molecule has 2 aliphatic rings. The lowest BCUT2D eigenvalue weighted by atomic mass is 9.80. The minimum absolute atomic E-state index is 0.0892. The highest BCUT2D eigenvalue weighted by Gasteiger charge is 2.52. The molecule has 2 saturated heterocycles. The van der Waals surface area contributed by atoms with Gasteiger partial charge in [0.15, 0.2) is 0 Å². The van der Waals surface area contributed by atoms with Gasteiger partial charge in [-0.05, 0) is 99.3 Å². The van der Waals surface area contributed by atoms with E-state index in [-0.39, 0.29) is 25.3 Å². The molecule has 0 radical (unpaired) electrons. The Morgan fingerprint density at radius 2 is 1.39 bits per heavy atom. The Bertz CT molecular complexity index is 1020. The number of benzene rings is 2. The molecule has 2 aromatic rings. The molecule has 2 aromatic carbocycles. The Hall–Kier alpha value is -2.54. The van der Waals surface area contributed by atoms with Crippen LogP contribution < -0.4 is 4.74 Å². The lowest BCUT2D eigenvalue weighted by Crippen LogP contribution is -2.49. The van der Waals surface area contributed by atoms with Gasteiger partial charge < -0.3 is 14.5 Å². The summed E-state index contributed by atoms with van der Waals surface area (Å²) in [5, 5.41) is 0. The first-order chi connectivity index (χ1) is 18.2. The predicted octanol–water partition coefficient (Wildman–Crippen LogP) is 7.44. The number of ether oxygens (including phenoxy) is 1. The molecule has 2 aliphatic heterocycles. The smallest absolute Gasteiger partial charge is 0.395 e. The van der Waals surface area contributed by atoms with E-state index in [1.807, 2.05) is 58.3 Å². The van der Waals surface area contributed by atoms with E-state index in [0.717, 1.165) is 61.2 Å². The Morgan fingerprint density at radius 3 is 1.92 bits per heavy atom. The van der Waals surface area contributed by atoms with E-state index in [1.165, 1.54) is 6.42 Å². The molecule has 0 saturated carbocycles. The molecular weight excluding hydrogens is 489 g/mol. The van der Waals surface area contributed by atoms with Gasteiger partial charge in [0.1, 0.15) is 5.75 Å². The number of hydrogen-bond acceptors (Lipinski definition) is 3. The van der Waals surface area contributed by atoms with Crippen molar-refractivity contribution in [2.24, 2.45) is 11.3 Å². The summed E-state index contributed by atoms with van der Waals surface area (Å²) in [7, 11) is 0. The summed E-state index contributed by atoms with van der Waals surface area (Å²) in [4.78, 5) is 16.6. The number of rotatable bonds is 9. The van der Waals surface area contributed by atoms with E-state index in [0.29, 0.717) is 25.6 Å². The number of amides is 1. The number of piperidine rings is 2. The monoisotopic (exact) mass is 530 g/mol. The number of alkyl halides is 3. The first-order valence-electron chi connectivity index (χ1n) is 14.2. The third kappa shape index (κ3) is 6.71. The summed E-state index contributed by atoms with van der Waals surface area (Å²) in [6, 6.07) is 15.7. The van der Waals surface area contributed by atoms with Crippen LogP contribution in [0.1, 0.15) is 69.2 Å². The van der Waals surface area contributed by atoms with Gasteiger partial charge in [-0.3, -0.25) is 4.79 Å². The highest BCUT2D eigenvalue weighted by Crippen LogP contribution is 2.45. The summed E-state index contributed by atoms with van der Waals surface area (Å²) >= 11 is 0. The fraction of sp³-hybridized carbons (Fsp3) is 0.581. The van der Waals surface area contributed by atoms with Crippen molar-refractivity contribution >= 4 is 5.91 Å². The zero-order valence-electron chi connectivity index (χ0n) is 22.7. The second kappa shape index (κ2) is 12.5. The molecule has 0 aliphatic carbocycles. The van der Waals surface area contributed by atoms with E-state index >= 15 is 0 Å². The highest BCUT2D eigenvalue weighted by atomic mass is 19.4. The third-order valence-corrected chi connectivity index (χ3v) is 8.64. The second-order valence-electron chi connectivity index (χ2n) is 11.0. The van der Waals surface area contributed by atoms with E-state index in [2.05, 4.69) is 0 Å². The van der Waals surface area contributed by atoms with E-state index in [4.69, 9.17) is 4.74 Å². The zero-order chi connectivity index (χ0) is 27.2. The van der Waals surface area contributed by atoms with Crippen LogP contribution in [-0.4, -0.2) is 61.2 Å². The van der Waals surface area contributed by atoms with Crippen LogP contribution in [0, 0.1) is 11.3 Å². The van der Waals surface area contributed by atoms with Gasteiger partial charge in [-0.15, -0.1) is 0 Å². The Balaban J connectivity index is 1.24. The van der Waals surface area contributed by atoms with Crippen molar-refractivity contribution in [3.8, 4) is 16.9 Å². The summed E-state index contributed by atoms with van der Waals surface area (Å²) in [5.74, 6) is 1.25. The minimum Gasteiger partial charge on any atom is -0.493 e. The molecule has 0 atom stereocenters. The van der Waals surface area contributed by atoms with Crippen molar-refractivity contribution < 1.29 is 22.7 Å². The van der Waals surface area contributed by atoms with Crippen molar-refractivity contribution in [3.05, 3.63) is 54.1 Å². The SMILES string of the molecule is CCC(CC)(CN1CCC(COc2ccc(-c3ccc(C(=O)N4CCCCC4)cc3)cc2)CC1)C(F)(F)F. The molecule has 208 valence electrons. The molecule has 7 heteroatoms. The van der Waals surface area contributed by atoms with Gasteiger partial charge in [-0.1, -0.05) is 38.1 Å². The molecule has 0 bridgehead atoms. The largest absolute Gasteiger partial charge is 0.493 e. The van der Waals surface area contributed by atoms with Crippen molar-refractivity contribution in [2.45, 2.75) is 65.0 Å². The number of carbonyl (C=O) groups is 1. The number of carbonyl (C=O) groups excluding carboxylic acids is 1. The van der Waals surface area contributed by atoms with Gasteiger partial charge in [0.2, 0.25) is 0 Å². The van der Waals surface area contributed by atoms with Crippen LogP contribution in [0.3, 0.4) is 0 Å². The quantitative estimate of drug-likeness (QED) is 0.338. The average Bonchev–Trinajstić information content (AvgIpc) is 2.95. The van der Waals surface area contributed by atoms with Crippen LogP contribution in [0.4, 0.5) is 13.2 Å². The first kappa shape index (κ1) is 28.5. The third-order valence-electron chi connectivity index (χ3n) is 8.64. The normalized spacial score (nSPS) is 18.0. The van der Waals surface area contributed by atoms with Gasteiger partial charge in [-0.25, -0.2) is 0 Å². The standard InChI is InChI=1S/C31H41F3N2O2/c1-3-30(4-2,31(32,33)34)23-35-20-16-24(17-21-35)22-38-28-14-12-26(13-15-28)25-8-10-27(11-9-25)29(37)36-18-6-5-7-19-36/h8-15,24H,3-7,16-23H2,1-2H3. The summed E-state index contributed by atoms with van der Waals surface area (Å²) in [6.07, 6.45) is 1.13. The van der Waals surface area contributed by atoms with E-state index in [9.17, 15) is 18.0 Å². The van der Waals surface area contributed by atoms with Gasteiger partial charge in [0.25, 0.3) is 5.91 Å². The maximum atomic E-state index is 13.7. The van der Waals surface area contributed by atoms with Gasteiger partial charge >= 0.3 is 6.18 Å². The summed E-state index contributed by atoms with van der Waals surface area (Å²) < 4.78 is 47.2. The molecule has 2 fully saturated rings. The van der Waals surface area contributed by atoms with Crippen LogP contribution >= 0.6 is 0 Å². The van der Waals surface area contributed by atoms with Gasteiger partial charge in [-0.2, -0.15) is 13.2 Å². The predicted molar refractivity (Wildman–Crippen MR) is 145 cm³/mol. The van der Waals surface area contributed by atoms with Gasteiger partial charge in [0, 0.05) is 25.2 Å². The first-order valence-corrected chi connectivity index (χ1v) is 14.2. The van der Waals surface area contributed by atoms with Crippen molar-refractivity contribution in [2.75, 3.05) is 39.3 Å². The van der Waals surface area contributed by atoms with Crippen LogP contribution in [0.25, 0.3) is 11.1 Å². The molecule has 2 heterocycles. The fourth-order valence-corrected chi connectivity index (χ4v) is 5.75. The average molecular weight is 531 g/mol. The van der Waals surface area contributed by atoms with Crippen LogP contribution in [-0.2, 0) is 0 Å². The molecular formula is C31H41F3N2O2. The number of hydrogen-bond donors (Lipinski definition) is 0. The van der Waals surface area contributed by atoms with Crippen LogP contribution in [0.5, 0.6) is 5.75 Å². The Labute approximate surface area is 225 Å². The molecule has 1 amide bonds. The molecule has 0 N–H and O–H groups in total. The molecule has 38 heavy (non-hydrogen) atoms. The van der Waals surface area contributed by atoms with E-state index < -0.39 is 11.6 Å². The molecule has 4 rings (SSSR count). The maximum Gasteiger partial charge on any atom is 0.395 e. The zero-order valence-corrected chi connectivity index (χ0v) is 22.7. The number of likely N-dealkylation sites (tertiary alicyclic amines) is 2. The van der Waals surface area contributed by atoms with Crippen molar-refractivity contribution in [3.63, 3.8) is 0 Å². The lowest BCUT2D eigenvalue weighted by Gasteiger charge is -2.41. The van der Waals surface area contributed by atoms with Crippen molar-refractivity contribution in [1.29, 1.82) is 0 Å².